The molecule has 0 bridgehead atoms. The van der Waals surface area contributed by atoms with E-state index < -0.39 is 0 Å². The summed E-state index contributed by atoms with van der Waals surface area (Å²) in [5.74, 6) is 1.56. The number of nitrogens with one attached hydrogen (secondary N) is 1. The van der Waals surface area contributed by atoms with Crippen LogP contribution in [-0.4, -0.2) is 11.8 Å². The summed E-state index contributed by atoms with van der Waals surface area (Å²) in [6.07, 6.45) is 3.88. The van der Waals surface area contributed by atoms with Crippen LogP contribution in [0.1, 0.15) is 30.4 Å². The van der Waals surface area contributed by atoms with Gasteiger partial charge in [-0.2, -0.15) is 0 Å². The SMILES string of the molecule is Cc1cc(Br)c(OCC2CCC2)c(CNO)c1. The first-order valence-electron chi connectivity index (χ1n) is 5.99. The Hall–Kier alpha value is -0.580. The lowest BCUT2D eigenvalue weighted by molar-refractivity contribution is 0.154. The Balaban J connectivity index is 2.11. The summed E-state index contributed by atoms with van der Waals surface area (Å²) in [5, 5.41) is 8.84. The second-order valence-electron chi connectivity index (χ2n) is 4.68. The molecule has 0 radical (unpaired) electrons. The third kappa shape index (κ3) is 3.21. The van der Waals surface area contributed by atoms with Crippen molar-refractivity contribution in [1.29, 1.82) is 0 Å². The van der Waals surface area contributed by atoms with Crippen molar-refractivity contribution in [3.05, 3.63) is 27.7 Å². The highest BCUT2D eigenvalue weighted by Gasteiger charge is 2.19. The van der Waals surface area contributed by atoms with Gasteiger partial charge in [-0.25, -0.2) is 5.48 Å². The lowest BCUT2D eigenvalue weighted by atomic mass is 9.86. The van der Waals surface area contributed by atoms with Gasteiger partial charge in [0.05, 0.1) is 11.1 Å². The van der Waals surface area contributed by atoms with Gasteiger partial charge in [0.15, 0.2) is 0 Å². The number of hydroxylamine groups is 1. The van der Waals surface area contributed by atoms with Crippen LogP contribution in [-0.2, 0) is 6.54 Å². The number of ether oxygens (including phenoxy) is 1. The Labute approximate surface area is 110 Å². The van der Waals surface area contributed by atoms with Gasteiger partial charge in [-0.1, -0.05) is 12.5 Å². The molecule has 94 valence electrons. The molecule has 0 heterocycles. The number of rotatable bonds is 5. The number of hydrogen-bond donors (Lipinski definition) is 2. The van der Waals surface area contributed by atoms with Crippen molar-refractivity contribution in [2.75, 3.05) is 6.61 Å². The maximum atomic E-state index is 8.84. The summed E-state index contributed by atoms with van der Waals surface area (Å²) >= 11 is 3.52. The lowest BCUT2D eigenvalue weighted by Gasteiger charge is -2.26. The van der Waals surface area contributed by atoms with Crippen LogP contribution in [0.4, 0.5) is 0 Å². The van der Waals surface area contributed by atoms with Crippen LogP contribution >= 0.6 is 15.9 Å². The van der Waals surface area contributed by atoms with E-state index in [-0.39, 0.29) is 0 Å². The van der Waals surface area contributed by atoms with Crippen molar-refractivity contribution in [2.45, 2.75) is 32.7 Å². The van der Waals surface area contributed by atoms with E-state index in [1.807, 2.05) is 19.1 Å². The summed E-state index contributed by atoms with van der Waals surface area (Å²) in [4.78, 5) is 0. The van der Waals surface area contributed by atoms with E-state index in [4.69, 9.17) is 9.94 Å². The highest BCUT2D eigenvalue weighted by Crippen LogP contribution is 2.33. The lowest BCUT2D eigenvalue weighted by Crippen LogP contribution is -2.20. The fourth-order valence-electron chi connectivity index (χ4n) is 2.04. The van der Waals surface area contributed by atoms with Gasteiger partial charge in [0.2, 0.25) is 0 Å². The fraction of sp³-hybridized carbons (Fsp3) is 0.538. The van der Waals surface area contributed by atoms with Gasteiger partial charge in [0.1, 0.15) is 5.75 Å². The second kappa shape index (κ2) is 5.85. The molecule has 0 spiro atoms. The van der Waals surface area contributed by atoms with Gasteiger partial charge in [-0.15, -0.1) is 0 Å². The van der Waals surface area contributed by atoms with Crippen LogP contribution in [0.25, 0.3) is 0 Å². The molecular weight excluding hydrogens is 282 g/mol. The standard InChI is InChI=1S/C13H18BrNO2/c1-9-5-11(7-15-16)13(12(14)6-9)17-8-10-3-2-4-10/h5-6,10,15-16H,2-4,7-8H2,1H3. The maximum absolute atomic E-state index is 8.84. The van der Waals surface area contributed by atoms with E-state index in [2.05, 4.69) is 21.4 Å². The molecule has 0 amide bonds. The molecule has 3 nitrogen and oxygen atoms in total. The summed E-state index contributed by atoms with van der Waals surface area (Å²) in [7, 11) is 0. The van der Waals surface area contributed by atoms with E-state index in [1.54, 1.807) is 0 Å². The zero-order chi connectivity index (χ0) is 12.3. The third-order valence-electron chi connectivity index (χ3n) is 3.22. The summed E-state index contributed by atoms with van der Waals surface area (Å²) < 4.78 is 6.84. The second-order valence-corrected chi connectivity index (χ2v) is 5.53. The molecule has 0 aliphatic heterocycles. The summed E-state index contributed by atoms with van der Waals surface area (Å²) in [5.41, 5.74) is 4.33. The zero-order valence-electron chi connectivity index (χ0n) is 10.0. The van der Waals surface area contributed by atoms with Crippen molar-refractivity contribution < 1.29 is 9.94 Å². The molecule has 2 N–H and O–H groups in total. The highest BCUT2D eigenvalue weighted by molar-refractivity contribution is 9.10. The van der Waals surface area contributed by atoms with Crippen LogP contribution in [0.5, 0.6) is 5.75 Å². The van der Waals surface area contributed by atoms with Crippen molar-refractivity contribution in [1.82, 2.24) is 5.48 Å². The Kier molecular flexibility index (Phi) is 4.42. The molecular formula is C13H18BrNO2. The third-order valence-corrected chi connectivity index (χ3v) is 3.81. The van der Waals surface area contributed by atoms with Gasteiger partial charge in [-0.05, 0) is 53.2 Å². The molecule has 17 heavy (non-hydrogen) atoms. The molecule has 1 aliphatic rings. The predicted molar refractivity (Wildman–Crippen MR) is 70.3 cm³/mol. The number of halogens is 1. The van der Waals surface area contributed by atoms with Crippen LogP contribution in [0.2, 0.25) is 0 Å². The highest BCUT2D eigenvalue weighted by atomic mass is 79.9. The maximum Gasteiger partial charge on any atom is 0.138 e. The van der Waals surface area contributed by atoms with Gasteiger partial charge >= 0.3 is 0 Å². The van der Waals surface area contributed by atoms with Crippen LogP contribution < -0.4 is 10.2 Å². The molecule has 1 aliphatic carbocycles. The van der Waals surface area contributed by atoms with Gasteiger partial charge in [-0.3, -0.25) is 0 Å². The zero-order valence-corrected chi connectivity index (χ0v) is 11.6. The van der Waals surface area contributed by atoms with Crippen LogP contribution in [0, 0.1) is 12.8 Å². The first-order chi connectivity index (χ1) is 8.20. The minimum absolute atomic E-state index is 0.403. The van der Waals surface area contributed by atoms with Gasteiger partial charge in [0, 0.05) is 12.1 Å². The molecule has 1 saturated carbocycles. The Morgan fingerprint density at radius 2 is 2.24 bits per heavy atom. The van der Waals surface area contributed by atoms with Crippen LogP contribution in [0.3, 0.4) is 0 Å². The van der Waals surface area contributed by atoms with E-state index in [0.29, 0.717) is 12.5 Å². The monoisotopic (exact) mass is 299 g/mol. The molecule has 4 heteroatoms. The van der Waals surface area contributed by atoms with E-state index >= 15 is 0 Å². The van der Waals surface area contributed by atoms with E-state index in [0.717, 1.165) is 28.0 Å². The Bertz CT molecular complexity index is 391. The molecule has 1 aromatic carbocycles. The molecule has 0 saturated heterocycles. The quantitative estimate of drug-likeness (QED) is 0.819. The molecule has 0 atom stereocenters. The Morgan fingerprint density at radius 3 is 2.82 bits per heavy atom. The molecule has 0 unspecified atom stereocenters. The number of benzene rings is 1. The normalized spacial score (nSPS) is 15.7. The topological polar surface area (TPSA) is 41.5 Å². The summed E-state index contributed by atoms with van der Waals surface area (Å²) in [6.45, 7) is 3.21. The first-order valence-corrected chi connectivity index (χ1v) is 6.78. The molecule has 1 fully saturated rings. The fourth-order valence-corrected chi connectivity index (χ4v) is 2.77. The Morgan fingerprint density at radius 1 is 1.47 bits per heavy atom. The minimum Gasteiger partial charge on any atom is -0.492 e. The summed E-state index contributed by atoms with van der Waals surface area (Å²) in [6, 6.07) is 4.07. The van der Waals surface area contributed by atoms with Crippen LogP contribution in [0.15, 0.2) is 16.6 Å². The van der Waals surface area contributed by atoms with Crippen molar-refractivity contribution in [2.24, 2.45) is 5.92 Å². The number of aryl methyl sites for hydroxylation is 1. The average molecular weight is 300 g/mol. The van der Waals surface area contributed by atoms with E-state index in [1.165, 1.54) is 19.3 Å². The first kappa shape index (κ1) is 12.9. The smallest absolute Gasteiger partial charge is 0.138 e. The predicted octanol–water partition coefficient (Wildman–Crippen LogP) is 3.42. The van der Waals surface area contributed by atoms with Crippen molar-refractivity contribution in [3.63, 3.8) is 0 Å². The van der Waals surface area contributed by atoms with E-state index in [9.17, 15) is 0 Å². The minimum atomic E-state index is 0.403. The molecule has 2 rings (SSSR count). The molecule has 1 aromatic rings. The molecule has 0 aromatic heterocycles. The van der Waals surface area contributed by atoms with Gasteiger partial charge < -0.3 is 9.94 Å². The van der Waals surface area contributed by atoms with Crippen molar-refractivity contribution >= 4 is 15.9 Å². The largest absolute Gasteiger partial charge is 0.492 e. The van der Waals surface area contributed by atoms with Crippen molar-refractivity contribution in [3.8, 4) is 5.75 Å². The van der Waals surface area contributed by atoms with Gasteiger partial charge in [0.25, 0.3) is 0 Å². The number of hydrogen-bond acceptors (Lipinski definition) is 3. The average Bonchev–Trinajstić information content (AvgIpc) is 2.19.